The molecular formula is C7H15N5S. The van der Waals surface area contributed by atoms with Crippen LogP contribution in [0.15, 0.2) is 0 Å². The van der Waals surface area contributed by atoms with Crippen molar-refractivity contribution in [3.05, 3.63) is 0 Å². The zero-order valence-corrected chi connectivity index (χ0v) is 9.01. The van der Waals surface area contributed by atoms with E-state index in [4.69, 9.17) is 0 Å². The molecule has 0 saturated heterocycles. The van der Waals surface area contributed by atoms with Crippen LogP contribution in [-0.4, -0.2) is 38.3 Å². The van der Waals surface area contributed by atoms with Gasteiger partial charge in [0.1, 0.15) is 0 Å². The van der Waals surface area contributed by atoms with Crippen LogP contribution in [-0.2, 0) is 7.05 Å². The van der Waals surface area contributed by atoms with Gasteiger partial charge in [0.05, 0.1) is 0 Å². The molecule has 0 aliphatic heterocycles. The van der Waals surface area contributed by atoms with Crippen LogP contribution in [0.2, 0.25) is 0 Å². The van der Waals surface area contributed by atoms with Crippen molar-refractivity contribution >= 4 is 17.7 Å². The smallest absolute Gasteiger partial charge is 0.242 e. The van der Waals surface area contributed by atoms with Gasteiger partial charge >= 0.3 is 0 Å². The molecule has 0 aromatic carbocycles. The number of hydrogen-bond acceptors (Lipinski definition) is 5. The quantitative estimate of drug-likeness (QED) is 0.762. The molecule has 1 aromatic rings. The van der Waals surface area contributed by atoms with Crippen molar-refractivity contribution in [2.45, 2.75) is 19.4 Å². The Morgan fingerprint density at radius 2 is 2.38 bits per heavy atom. The van der Waals surface area contributed by atoms with E-state index in [2.05, 4.69) is 34.0 Å². The summed E-state index contributed by atoms with van der Waals surface area (Å²) in [6, 6.07) is 0.444. The van der Waals surface area contributed by atoms with Gasteiger partial charge in [0.25, 0.3) is 0 Å². The summed E-state index contributed by atoms with van der Waals surface area (Å²) in [6.07, 6.45) is 3.17. The van der Waals surface area contributed by atoms with Crippen LogP contribution in [0.3, 0.4) is 0 Å². The fraction of sp³-hybridized carbons (Fsp3) is 0.857. The topological polar surface area (TPSA) is 55.6 Å². The Morgan fingerprint density at radius 3 is 2.85 bits per heavy atom. The van der Waals surface area contributed by atoms with Crippen molar-refractivity contribution in [2.24, 2.45) is 7.05 Å². The van der Waals surface area contributed by atoms with Crippen molar-refractivity contribution in [2.75, 3.05) is 17.3 Å². The Kier molecular flexibility index (Phi) is 4.01. The van der Waals surface area contributed by atoms with Gasteiger partial charge in [0.2, 0.25) is 5.95 Å². The van der Waals surface area contributed by atoms with Crippen molar-refractivity contribution in [1.29, 1.82) is 0 Å². The van der Waals surface area contributed by atoms with E-state index in [1.54, 1.807) is 4.68 Å². The summed E-state index contributed by atoms with van der Waals surface area (Å²) < 4.78 is 1.64. The van der Waals surface area contributed by atoms with E-state index in [-0.39, 0.29) is 0 Å². The van der Waals surface area contributed by atoms with Gasteiger partial charge in [0, 0.05) is 18.8 Å². The Bertz CT molecular complexity index is 249. The normalized spacial score (nSPS) is 12.8. The lowest BCUT2D eigenvalue weighted by atomic mass is 10.3. The largest absolute Gasteiger partial charge is 0.350 e. The van der Waals surface area contributed by atoms with E-state index in [1.165, 1.54) is 0 Å². The van der Waals surface area contributed by atoms with Crippen LogP contribution in [0.1, 0.15) is 13.3 Å². The first-order chi connectivity index (χ1) is 6.27. The molecule has 6 heteroatoms. The summed E-state index contributed by atoms with van der Waals surface area (Å²) >= 11 is 1.82. The number of aromatic nitrogens is 4. The van der Waals surface area contributed by atoms with E-state index in [9.17, 15) is 0 Å². The van der Waals surface area contributed by atoms with Crippen LogP contribution in [0.4, 0.5) is 5.95 Å². The highest BCUT2D eigenvalue weighted by molar-refractivity contribution is 7.98. The fourth-order valence-electron chi connectivity index (χ4n) is 0.997. The molecule has 1 heterocycles. The number of anilines is 1. The molecule has 74 valence electrons. The van der Waals surface area contributed by atoms with Crippen LogP contribution in [0.5, 0.6) is 0 Å². The molecule has 0 bridgehead atoms. The van der Waals surface area contributed by atoms with Crippen molar-refractivity contribution < 1.29 is 0 Å². The lowest BCUT2D eigenvalue weighted by Gasteiger charge is -2.14. The second-order valence-electron chi connectivity index (χ2n) is 2.83. The number of nitrogens with one attached hydrogen (secondary N) is 1. The molecule has 1 unspecified atom stereocenters. The number of aryl methyl sites for hydroxylation is 1. The summed E-state index contributed by atoms with van der Waals surface area (Å²) in [4.78, 5) is 0. The van der Waals surface area contributed by atoms with Gasteiger partial charge in [0.15, 0.2) is 0 Å². The SMILES string of the molecule is CCC(CSC)Nc1nnnn1C. The van der Waals surface area contributed by atoms with Crippen LogP contribution >= 0.6 is 11.8 Å². The average Bonchev–Trinajstić information content (AvgIpc) is 2.51. The Labute approximate surface area is 82.3 Å². The molecule has 1 rings (SSSR count). The van der Waals surface area contributed by atoms with Gasteiger partial charge < -0.3 is 5.32 Å². The molecule has 1 aromatic heterocycles. The highest BCUT2D eigenvalue weighted by Crippen LogP contribution is 2.07. The molecular weight excluding hydrogens is 186 g/mol. The number of tetrazole rings is 1. The highest BCUT2D eigenvalue weighted by atomic mass is 32.2. The molecule has 0 aliphatic rings. The van der Waals surface area contributed by atoms with E-state index < -0.39 is 0 Å². The van der Waals surface area contributed by atoms with E-state index in [1.807, 2.05) is 18.8 Å². The molecule has 1 atom stereocenters. The predicted octanol–water partition coefficient (Wildman–Crippen LogP) is 0.764. The third-order valence-corrected chi connectivity index (χ3v) is 2.55. The minimum absolute atomic E-state index is 0.444. The lowest BCUT2D eigenvalue weighted by Crippen LogP contribution is -2.23. The predicted molar refractivity (Wildman–Crippen MR) is 54.9 cm³/mol. The molecule has 0 radical (unpaired) electrons. The monoisotopic (exact) mass is 201 g/mol. The van der Waals surface area contributed by atoms with E-state index in [0.717, 1.165) is 18.1 Å². The summed E-state index contributed by atoms with van der Waals surface area (Å²) in [5.41, 5.74) is 0. The Balaban J connectivity index is 2.51. The first-order valence-corrected chi connectivity index (χ1v) is 5.65. The van der Waals surface area contributed by atoms with E-state index in [0.29, 0.717) is 6.04 Å². The molecule has 0 spiro atoms. The summed E-state index contributed by atoms with van der Waals surface area (Å²) in [5.74, 6) is 1.81. The highest BCUT2D eigenvalue weighted by Gasteiger charge is 2.08. The van der Waals surface area contributed by atoms with Crippen LogP contribution in [0, 0.1) is 0 Å². The Morgan fingerprint density at radius 1 is 1.62 bits per heavy atom. The third-order valence-electron chi connectivity index (χ3n) is 1.81. The molecule has 0 aliphatic carbocycles. The van der Waals surface area contributed by atoms with Gasteiger partial charge in [-0.25, -0.2) is 4.68 Å². The first kappa shape index (κ1) is 10.3. The number of rotatable bonds is 5. The molecule has 13 heavy (non-hydrogen) atoms. The second-order valence-corrected chi connectivity index (χ2v) is 3.74. The maximum Gasteiger partial charge on any atom is 0.242 e. The molecule has 0 amide bonds. The summed E-state index contributed by atoms with van der Waals surface area (Å²) in [6.45, 7) is 2.15. The summed E-state index contributed by atoms with van der Waals surface area (Å²) in [5, 5.41) is 14.5. The zero-order chi connectivity index (χ0) is 9.68. The van der Waals surface area contributed by atoms with Crippen molar-refractivity contribution in [3.63, 3.8) is 0 Å². The molecule has 0 saturated carbocycles. The number of nitrogens with zero attached hydrogens (tertiary/aromatic N) is 4. The van der Waals surface area contributed by atoms with Gasteiger partial charge in [-0.2, -0.15) is 11.8 Å². The Hall–Kier alpha value is -0.780. The minimum Gasteiger partial charge on any atom is -0.350 e. The van der Waals surface area contributed by atoms with E-state index >= 15 is 0 Å². The van der Waals surface area contributed by atoms with Gasteiger partial charge in [-0.3, -0.25) is 0 Å². The number of thioether (sulfide) groups is 1. The second kappa shape index (κ2) is 5.06. The van der Waals surface area contributed by atoms with Gasteiger partial charge in [-0.15, -0.1) is 0 Å². The summed E-state index contributed by atoms with van der Waals surface area (Å²) in [7, 11) is 1.83. The van der Waals surface area contributed by atoms with Crippen LogP contribution in [0.25, 0.3) is 0 Å². The lowest BCUT2D eigenvalue weighted by molar-refractivity contribution is 0.696. The standard InChI is InChI=1S/C7H15N5S/c1-4-6(5-13-3)8-7-9-10-11-12(7)2/h6H,4-5H2,1-3H3,(H,8,9,11). The van der Waals surface area contributed by atoms with Crippen molar-refractivity contribution in [3.8, 4) is 0 Å². The molecule has 5 nitrogen and oxygen atoms in total. The first-order valence-electron chi connectivity index (χ1n) is 4.25. The van der Waals surface area contributed by atoms with Crippen LogP contribution < -0.4 is 5.32 Å². The number of hydrogen-bond donors (Lipinski definition) is 1. The maximum atomic E-state index is 3.87. The van der Waals surface area contributed by atoms with Gasteiger partial charge in [-0.05, 0) is 23.1 Å². The maximum absolute atomic E-state index is 3.87. The molecule has 1 N–H and O–H groups in total. The average molecular weight is 201 g/mol. The molecule has 0 fully saturated rings. The van der Waals surface area contributed by atoms with Gasteiger partial charge in [-0.1, -0.05) is 12.0 Å². The fourth-order valence-corrected chi connectivity index (χ4v) is 1.72. The van der Waals surface area contributed by atoms with Crippen molar-refractivity contribution in [1.82, 2.24) is 20.2 Å². The zero-order valence-electron chi connectivity index (χ0n) is 8.19. The third kappa shape index (κ3) is 2.87. The minimum atomic E-state index is 0.444.